The van der Waals surface area contributed by atoms with Gasteiger partial charge in [-0.05, 0) is 81.7 Å². The van der Waals surface area contributed by atoms with Crippen LogP contribution in [0.1, 0.15) is 31.4 Å². The van der Waals surface area contributed by atoms with Gasteiger partial charge >= 0.3 is 0 Å². The van der Waals surface area contributed by atoms with Gasteiger partial charge < -0.3 is 24.8 Å². The first kappa shape index (κ1) is 28.9. The van der Waals surface area contributed by atoms with E-state index in [1.807, 2.05) is 59.5 Å². The SMILES string of the molecule is C=CC(=O)N1CCC(C#Cc2c(-c3ccc(Oc4ccccc4)cc3)c3c(N)ncnc3n2CCCCCN(C)C)C1. The largest absolute Gasteiger partial charge is 0.457 e. The second kappa shape index (κ2) is 13.4. The zero-order chi connectivity index (χ0) is 29.5. The topological polar surface area (TPSA) is 89.5 Å². The van der Waals surface area contributed by atoms with E-state index in [1.165, 1.54) is 12.4 Å². The Morgan fingerprint density at radius 2 is 1.86 bits per heavy atom. The molecule has 0 bridgehead atoms. The van der Waals surface area contributed by atoms with Crippen LogP contribution in [0.15, 0.2) is 73.6 Å². The van der Waals surface area contributed by atoms with Crippen molar-refractivity contribution in [1.82, 2.24) is 24.3 Å². The van der Waals surface area contributed by atoms with Crippen molar-refractivity contribution in [2.75, 3.05) is 39.5 Å². The summed E-state index contributed by atoms with van der Waals surface area (Å²) in [4.78, 5) is 25.2. The van der Waals surface area contributed by atoms with Crippen LogP contribution in [-0.2, 0) is 11.3 Å². The Labute approximate surface area is 247 Å². The number of anilines is 1. The number of hydrogen-bond donors (Lipinski definition) is 1. The van der Waals surface area contributed by atoms with Crippen molar-refractivity contribution in [1.29, 1.82) is 0 Å². The molecule has 8 nitrogen and oxygen atoms in total. The van der Waals surface area contributed by atoms with E-state index < -0.39 is 0 Å². The minimum atomic E-state index is -0.0484. The number of aryl methyl sites for hydroxylation is 1. The van der Waals surface area contributed by atoms with Crippen molar-refractivity contribution in [3.8, 4) is 34.5 Å². The van der Waals surface area contributed by atoms with E-state index in [2.05, 4.69) is 52.0 Å². The lowest BCUT2D eigenvalue weighted by Gasteiger charge is -2.12. The number of likely N-dealkylation sites (tertiary alicyclic amines) is 1. The maximum absolute atomic E-state index is 12.2. The lowest BCUT2D eigenvalue weighted by Crippen LogP contribution is -2.26. The molecule has 1 aliphatic heterocycles. The van der Waals surface area contributed by atoms with Gasteiger partial charge in [0.15, 0.2) is 0 Å². The first-order chi connectivity index (χ1) is 20.4. The fourth-order valence-corrected chi connectivity index (χ4v) is 5.39. The second-order valence-electron chi connectivity index (χ2n) is 10.9. The number of rotatable bonds is 10. The van der Waals surface area contributed by atoms with Crippen LogP contribution in [-0.4, -0.2) is 64.0 Å². The predicted octanol–water partition coefficient (Wildman–Crippen LogP) is 5.59. The van der Waals surface area contributed by atoms with Gasteiger partial charge in [0.25, 0.3) is 0 Å². The molecule has 0 aliphatic carbocycles. The van der Waals surface area contributed by atoms with E-state index in [9.17, 15) is 4.79 Å². The normalized spacial score (nSPS) is 14.6. The molecular weight excluding hydrogens is 524 g/mol. The number of amides is 1. The number of carbonyl (C=O) groups excluding carboxylic acids is 1. The molecule has 8 heteroatoms. The van der Waals surface area contributed by atoms with E-state index in [1.54, 1.807) is 0 Å². The van der Waals surface area contributed by atoms with Crippen LogP contribution in [0.25, 0.3) is 22.2 Å². The highest BCUT2D eigenvalue weighted by Gasteiger charge is 2.25. The van der Waals surface area contributed by atoms with Gasteiger partial charge in [-0.3, -0.25) is 4.79 Å². The summed E-state index contributed by atoms with van der Waals surface area (Å²) in [5.41, 5.74) is 10.1. The molecule has 42 heavy (non-hydrogen) atoms. The summed E-state index contributed by atoms with van der Waals surface area (Å²) in [7, 11) is 4.20. The third kappa shape index (κ3) is 6.64. The average Bonchev–Trinajstić information content (AvgIpc) is 3.60. The highest BCUT2D eigenvalue weighted by atomic mass is 16.5. The molecule has 5 rings (SSSR count). The average molecular weight is 563 g/mol. The summed E-state index contributed by atoms with van der Waals surface area (Å²) in [6.07, 6.45) is 6.93. The highest BCUT2D eigenvalue weighted by molar-refractivity contribution is 6.03. The van der Waals surface area contributed by atoms with Gasteiger partial charge in [0, 0.05) is 31.1 Å². The fourth-order valence-electron chi connectivity index (χ4n) is 5.39. The van der Waals surface area contributed by atoms with Crippen LogP contribution in [0.2, 0.25) is 0 Å². The number of para-hydroxylation sites is 1. The molecular formula is C34H38N6O2. The van der Waals surface area contributed by atoms with Crippen LogP contribution in [0, 0.1) is 17.8 Å². The molecule has 1 aliphatic rings. The van der Waals surface area contributed by atoms with Crippen molar-refractivity contribution in [3.63, 3.8) is 0 Å². The minimum absolute atomic E-state index is 0.0484. The molecule has 1 unspecified atom stereocenters. The van der Waals surface area contributed by atoms with Crippen LogP contribution in [0.5, 0.6) is 11.5 Å². The van der Waals surface area contributed by atoms with Gasteiger partial charge in [0.05, 0.1) is 5.39 Å². The van der Waals surface area contributed by atoms with Gasteiger partial charge in [0.2, 0.25) is 5.91 Å². The molecule has 1 amide bonds. The summed E-state index contributed by atoms with van der Waals surface area (Å²) in [5.74, 6) is 8.98. The van der Waals surface area contributed by atoms with Crippen molar-refractivity contribution in [3.05, 3.63) is 79.3 Å². The van der Waals surface area contributed by atoms with Gasteiger partial charge in [-0.1, -0.05) is 49.3 Å². The summed E-state index contributed by atoms with van der Waals surface area (Å²) < 4.78 is 8.23. The standard InChI is InChI=1S/C34H38N6O2/c1-4-30(41)39-22-19-25(23-39)13-18-29-31(26-14-16-28(17-15-26)42-27-11-7-5-8-12-27)32-33(35)36-24-37-34(32)40(29)21-10-6-9-20-38(2)3/h4-5,7-8,11-12,14-17,24-25H,1,6,9-10,19-23H2,2-3H3,(H2,35,36,37). The van der Waals surface area contributed by atoms with Crippen molar-refractivity contribution >= 4 is 22.8 Å². The molecule has 0 spiro atoms. The summed E-state index contributed by atoms with van der Waals surface area (Å²) in [6, 6.07) is 17.7. The van der Waals surface area contributed by atoms with Gasteiger partial charge in [-0.2, -0.15) is 0 Å². The highest BCUT2D eigenvalue weighted by Crippen LogP contribution is 2.38. The number of hydrogen-bond acceptors (Lipinski definition) is 6. The first-order valence-electron chi connectivity index (χ1n) is 14.5. The first-order valence-corrected chi connectivity index (χ1v) is 14.5. The van der Waals surface area contributed by atoms with Gasteiger partial charge in [-0.15, -0.1) is 0 Å². The maximum Gasteiger partial charge on any atom is 0.245 e. The Morgan fingerprint density at radius 1 is 1.10 bits per heavy atom. The lowest BCUT2D eigenvalue weighted by molar-refractivity contribution is -0.125. The third-order valence-corrected chi connectivity index (χ3v) is 7.55. The Morgan fingerprint density at radius 3 is 2.60 bits per heavy atom. The molecule has 0 radical (unpaired) electrons. The Bertz CT molecular complexity index is 1600. The zero-order valence-corrected chi connectivity index (χ0v) is 24.4. The minimum Gasteiger partial charge on any atom is -0.457 e. The number of ether oxygens (including phenoxy) is 1. The Balaban J connectivity index is 1.53. The number of carbonyl (C=O) groups is 1. The quantitative estimate of drug-likeness (QED) is 0.154. The van der Waals surface area contributed by atoms with Gasteiger partial charge in [-0.25, -0.2) is 9.97 Å². The van der Waals surface area contributed by atoms with E-state index in [-0.39, 0.29) is 11.8 Å². The number of nitrogens with zero attached hydrogens (tertiary/aromatic N) is 5. The lowest BCUT2D eigenvalue weighted by atomic mass is 10.0. The molecule has 1 saturated heterocycles. The molecule has 3 heterocycles. The zero-order valence-electron chi connectivity index (χ0n) is 24.4. The number of benzene rings is 2. The van der Waals surface area contributed by atoms with Crippen molar-refractivity contribution in [2.24, 2.45) is 5.92 Å². The predicted molar refractivity (Wildman–Crippen MR) is 168 cm³/mol. The molecule has 0 saturated carbocycles. The number of aromatic nitrogens is 3. The number of nitrogen functional groups attached to an aromatic ring is 1. The molecule has 1 fully saturated rings. The molecule has 2 N–H and O–H groups in total. The molecule has 1 atom stereocenters. The second-order valence-corrected chi connectivity index (χ2v) is 10.9. The summed E-state index contributed by atoms with van der Waals surface area (Å²) in [5, 5.41) is 0.807. The number of unbranched alkanes of at least 4 members (excludes halogenated alkanes) is 2. The van der Waals surface area contributed by atoms with Crippen LogP contribution in [0.3, 0.4) is 0 Å². The number of fused-ring (bicyclic) bond motifs is 1. The molecule has 216 valence electrons. The monoisotopic (exact) mass is 562 g/mol. The van der Waals surface area contributed by atoms with Crippen molar-refractivity contribution < 1.29 is 9.53 Å². The Kier molecular flexibility index (Phi) is 9.20. The Hall–Kier alpha value is -4.61. The van der Waals surface area contributed by atoms with E-state index >= 15 is 0 Å². The van der Waals surface area contributed by atoms with E-state index in [4.69, 9.17) is 10.5 Å². The number of nitrogens with two attached hydrogens (primary N) is 1. The fraction of sp³-hybridized carbons (Fsp3) is 0.324. The smallest absolute Gasteiger partial charge is 0.245 e. The maximum atomic E-state index is 12.2. The summed E-state index contributed by atoms with van der Waals surface area (Å²) >= 11 is 0. The third-order valence-electron chi connectivity index (χ3n) is 7.55. The molecule has 4 aromatic rings. The molecule has 2 aromatic heterocycles. The van der Waals surface area contributed by atoms with Crippen LogP contribution in [0.4, 0.5) is 5.82 Å². The van der Waals surface area contributed by atoms with Crippen molar-refractivity contribution in [2.45, 2.75) is 32.2 Å². The molecule has 2 aromatic carbocycles. The van der Waals surface area contributed by atoms with Crippen LogP contribution < -0.4 is 10.5 Å². The van der Waals surface area contributed by atoms with E-state index in [0.29, 0.717) is 18.9 Å². The van der Waals surface area contributed by atoms with Crippen LogP contribution >= 0.6 is 0 Å². The van der Waals surface area contributed by atoms with Gasteiger partial charge in [0.1, 0.15) is 35.0 Å². The van der Waals surface area contributed by atoms with E-state index in [0.717, 1.165) is 78.1 Å². The summed E-state index contributed by atoms with van der Waals surface area (Å²) in [6.45, 7) is 6.74.